The van der Waals surface area contributed by atoms with Gasteiger partial charge in [-0.1, -0.05) is 20.3 Å². The van der Waals surface area contributed by atoms with Crippen LogP contribution < -0.4 is 0 Å². The highest BCUT2D eigenvalue weighted by atomic mass is 16.5. The number of amides is 1. The lowest BCUT2D eigenvalue weighted by atomic mass is 10.3. The van der Waals surface area contributed by atoms with Crippen LogP contribution in [0, 0.1) is 0 Å². The summed E-state index contributed by atoms with van der Waals surface area (Å²) in [5.41, 5.74) is 0. The maximum Gasteiger partial charge on any atom is 0.305 e. The summed E-state index contributed by atoms with van der Waals surface area (Å²) in [6.07, 6.45) is 3.23. The van der Waals surface area contributed by atoms with E-state index >= 15 is 0 Å². The first-order valence-corrected chi connectivity index (χ1v) is 5.09. The third-order valence-corrected chi connectivity index (χ3v) is 1.88. The second-order valence-corrected chi connectivity index (χ2v) is 3.07. The highest BCUT2D eigenvalue weighted by Gasteiger charge is 2.02. The molecule has 0 unspecified atom stereocenters. The summed E-state index contributed by atoms with van der Waals surface area (Å²) >= 11 is 0. The number of unbranched alkanes of at least 4 members (excludes halogenated alkanes) is 1. The van der Waals surface area contributed by atoms with Crippen molar-refractivity contribution < 1.29 is 14.3 Å². The van der Waals surface area contributed by atoms with Gasteiger partial charge in [0.25, 0.3) is 0 Å². The molecule has 0 heterocycles. The minimum absolute atomic E-state index is 0.216. The van der Waals surface area contributed by atoms with Crippen molar-refractivity contribution >= 4 is 12.4 Å². The fraction of sp³-hybridized carbons (Fsp3) is 0.800. The molecule has 0 aromatic rings. The molecule has 0 spiro atoms. The van der Waals surface area contributed by atoms with Gasteiger partial charge >= 0.3 is 5.97 Å². The highest BCUT2D eigenvalue weighted by molar-refractivity contribution is 5.68. The van der Waals surface area contributed by atoms with E-state index in [4.69, 9.17) is 4.74 Å². The van der Waals surface area contributed by atoms with Gasteiger partial charge in [-0.15, -0.1) is 0 Å². The standard InChI is InChI=1S/C10H19NO3/c1-3-5-6-11(9-12)7-8-14-10(13)4-2/h9H,3-8H2,1-2H3. The molecule has 0 aliphatic heterocycles. The van der Waals surface area contributed by atoms with E-state index in [9.17, 15) is 9.59 Å². The molecule has 82 valence electrons. The first-order valence-electron chi connectivity index (χ1n) is 5.09. The molecule has 0 fully saturated rings. The number of hydrogen-bond donors (Lipinski definition) is 0. The van der Waals surface area contributed by atoms with Crippen LogP contribution >= 0.6 is 0 Å². The average Bonchev–Trinajstić information content (AvgIpc) is 2.22. The molecule has 0 aliphatic carbocycles. The molecule has 14 heavy (non-hydrogen) atoms. The van der Waals surface area contributed by atoms with E-state index in [1.807, 2.05) is 0 Å². The summed E-state index contributed by atoms with van der Waals surface area (Å²) in [5.74, 6) is -0.216. The lowest BCUT2D eigenvalue weighted by molar-refractivity contribution is -0.144. The first kappa shape index (κ1) is 12.9. The number of esters is 1. The summed E-state index contributed by atoms with van der Waals surface area (Å²) in [7, 11) is 0. The van der Waals surface area contributed by atoms with Crippen molar-refractivity contribution in [3.63, 3.8) is 0 Å². The molecule has 0 aromatic heterocycles. The maximum atomic E-state index is 10.8. The Balaban J connectivity index is 3.51. The van der Waals surface area contributed by atoms with Gasteiger partial charge in [-0.3, -0.25) is 9.59 Å². The number of carbonyl (C=O) groups is 2. The van der Waals surface area contributed by atoms with Gasteiger partial charge in [0.1, 0.15) is 6.61 Å². The Morgan fingerprint density at radius 3 is 2.57 bits per heavy atom. The third-order valence-electron chi connectivity index (χ3n) is 1.88. The number of nitrogens with zero attached hydrogens (tertiary/aromatic N) is 1. The summed E-state index contributed by atoms with van der Waals surface area (Å²) in [6, 6.07) is 0. The van der Waals surface area contributed by atoms with Gasteiger partial charge in [-0.05, 0) is 6.42 Å². The summed E-state index contributed by atoms with van der Waals surface area (Å²) < 4.78 is 4.86. The molecular formula is C10H19NO3. The number of ether oxygens (including phenoxy) is 1. The zero-order valence-corrected chi connectivity index (χ0v) is 8.99. The van der Waals surface area contributed by atoms with Crippen LogP contribution in [0.3, 0.4) is 0 Å². The van der Waals surface area contributed by atoms with E-state index < -0.39 is 0 Å². The quantitative estimate of drug-likeness (QED) is 0.438. The Bertz CT molecular complexity index is 171. The number of rotatable bonds is 8. The first-order chi connectivity index (χ1) is 6.74. The molecule has 1 amide bonds. The lowest BCUT2D eigenvalue weighted by Crippen LogP contribution is -2.28. The summed E-state index contributed by atoms with van der Waals surface area (Å²) in [4.78, 5) is 22.9. The Morgan fingerprint density at radius 1 is 1.36 bits per heavy atom. The average molecular weight is 201 g/mol. The van der Waals surface area contributed by atoms with Gasteiger partial charge in [0.05, 0.1) is 6.54 Å². The maximum absolute atomic E-state index is 10.8. The summed E-state index contributed by atoms with van der Waals surface area (Å²) in [6.45, 7) is 5.35. The monoisotopic (exact) mass is 201 g/mol. The molecule has 0 atom stereocenters. The molecule has 0 bridgehead atoms. The molecule has 0 saturated heterocycles. The van der Waals surface area contributed by atoms with E-state index in [0.29, 0.717) is 19.6 Å². The van der Waals surface area contributed by atoms with E-state index in [2.05, 4.69) is 6.92 Å². The topological polar surface area (TPSA) is 46.6 Å². The second-order valence-electron chi connectivity index (χ2n) is 3.07. The van der Waals surface area contributed by atoms with Crippen LogP contribution in [0.15, 0.2) is 0 Å². The van der Waals surface area contributed by atoms with Crippen LogP contribution in [-0.2, 0) is 14.3 Å². The molecule has 4 heteroatoms. The lowest BCUT2D eigenvalue weighted by Gasteiger charge is -2.16. The van der Waals surface area contributed by atoms with Crippen LogP contribution in [0.25, 0.3) is 0 Å². The van der Waals surface area contributed by atoms with Crippen LogP contribution in [0.5, 0.6) is 0 Å². The van der Waals surface area contributed by atoms with Gasteiger partial charge in [0, 0.05) is 13.0 Å². The van der Waals surface area contributed by atoms with Crippen LogP contribution in [0.1, 0.15) is 33.1 Å². The van der Waals surface area contributed by atoms with E-state index in [0.717, 1.165) is 25.8 Å². The van der Waals surface area contributed by atoms with Crippen LogP contribution in [0.4, 0.5) is 0 Å². The van der Waals surface area contributed by atoms with Crippen molar-refractivity contribution in [3.8, 4) is 0 Å². The van der Waals surface area contributed by atoms with Crippen LogP contribution in [0.2, 0.25) is 0 Å². The summed E-state index contributed by atoms with van der Waals surface area (Å²) in [5, 5.41) is 0. The zero-order chi connectivity index (χ0) is 10.8. The minimum atomic E-state index is -0.216. The zero-order valence-electron chi connectivity index (χ0n) is 8.99. The Morgan fingerprint density at radius 2 is 2.07 bits per heavy atom. The van der Waals surface area contributed by atoms with E-state index in [-0.39, 0.29) is 5.97 Å². The number of hydrogen-bond acceptors (Lipinski definition) is 3. The fourth-order valence-corrected chi connectivity index (χ4v) is 0.957. The van der Waals surface area contributed by atoms with Crippen molar-refractivity contribution in [2.45, 2.75) is 33.1 Å². The predicted octanol–water partition coefficient (Wildman–Crippen LogP) is 1.20. The predicted molar refractivity (Wildman–Crippen MR) is 53.8 cm³/mol. The minimum Gasteiger partial charge on any atom is -0.464 e. The Kier molecular flexibility index (Phi) is 7.89. The van der Waals surface area contributed by atoms with Gasteiger partial charge in [0.2, 0.25) is 6.41 Å². The molecule has 0 saturated carbocycles. The van der Waals surface area contributed by atoms with E-state index in [1.165, 1.54) is 0 Å². The smallest absolute Gasteiger partial charge is 0.305 e. The second kappa shape index (κ2) is 8.53. The van der Waals surface area contributed by atoms with Gasteiger partial charge in [-0.2, -0.15) is 0 Å². The van der Waals surface area contributed by atoms with Crippen molar-refractivity contribution in [2.75, 3.05) is 19.7 Å². The largest absolute Gasteiger partial charge is 0.464 e. The molecule has 0 aliphatic rings. The highest BCUT2D eigenvalue weighted by Crippen LogP contribution is 1.92. The number of carbonyl (C=O) groups excluding carboxylic acids is 2. The molecule has 0 radical (unpaired) electrons. The molecule has 0 N–H and O–H groups in total. The van der Waals surface area contributed by atoms with Crippen LogP contribution in [-0.4, -0.2) is 37.0 Å². The Labute approximate surface area is 85.2 Å². The van der Waals surface area contributed by atoms with Gasteiger partial charge < -0.3 is 9.64 Å². The van der Waals surface area contributed by atoms with Gasteiger partial charge in [0.15, 0.2) is 0 Å². The van der Waals surface area contributed by atoms with Crippen molar-refractivity contribution in [1.82, 2.24) is 4.90 Å². The van der Waals surface area contributed by atoms with E-state index in [1.54, 1.807) is 11.8 Å². The molecular weight excluding hydrogens is 182 g/mol. The molecule has 4 nitrogen and oxygen atoms in total. The molecule has 0 rings (SSSR count). The SMILES string of the molecule is CCCCN(C=O)CCOC(=O)CC. The van der Waals surface area contributed by atoms with Gasteiger partial charge in [-0.25, -0.2) is 0 Å². The van der Waals surface area contributed by atoms with Crippen molar-refractivity contribution in [1.29, 1.82) is 0 Å². The fourth-order valence-electron chi connectivity index (χ4n) is 0.957. The normalized spacial score (nSPS) is 9.57. The molecule has 0 aromatic carbocycles. The van der Waals surface area contributed by atoms with Crippen molar-refractivity contribution in [3.05, 3.63) is 0 Å². The Hall–Kier alpha value is -1.06. The van der Waals surface area contributed by atoms with Crippen molar-refractivity contribution in [2.24, 2.45) is 0 Å². The third kappa shape index (κ3) is 6.46.